The molecule has 1 aromatic rings. The van der Waals surface area contributed by atoms with Gasteiger partial charge in [-0.25, -0.2) is 0 Å². The fourth-order valence-electron chi connectivity index (χ4n) is 1.25. The number of unbranched alkanes of at least 4 members (excludes halogenated alkanes) is 1. The first-order valence-electron chi connectivity index (χ1n) is 4.99. The lowest BCUT2D eigenvalue weighted by Crippen LogP contribution is -2.25. The normalized spacial score (nSPS) is 10.0. The zero-order valence-electron chi connectivity index (χ0n) is 8.72. The van der Waals surface area contributed by atoms with Crippen LogP contribution in [-0.4, -0.2) is 12.5 Å². The van der Waals surface area contributed by atoms with Crippen molar-refractivity contribution in [3.8, 4) is 0 Å². The second kappa shape index (κ2) is 5.75. The number of rotatable bonds is 4. The van der Waals surface area contributed by atoms with E-state index in [4.69, 9.17) is 5.73 Å². The number of halogens is 1. The van der Waals surface area contributed by atoms with Crippen molar-refractivity contribution in [2.45, 2.75) is 19.8 Å². The van der Waals surface area contributed by atoms with Gasteiger partial charge in [-0.3, -0.25) is 4.79 Å². The van der Waals surface area contributed by atoms with E-state index in [9.17, 15) is 4.79 Å². The highest BCUT2D eigenvalue weighted by Gasteiger charge is 2.12. The molecule has 0 saturated carbocycles. The molecular weight excluding hydrogens is 256 g/mol. The van der Waals surface area contributed by atoms with Crippen molar-refractivity contribution in [2.24, 2.45) is 0 Å². The average Bonchev–Trinajstić information content (AvgIpc) is 2.18. The fourth-order valence-corrected chi connectivity index (χ4v) is 1.81. The van der Waals surface area contributed by atoms with Gasteiger partial charge in [0.2, 0.25) is 0 Å². The molecule has 1 rings (SSSR count). The molecule has 0 spiro atoms. The molecular formula is C11H15BrN2O. The van der Waals surface area contributed by atoms with Crippen LogP contribution in [0.1, 0.15) is 30.1 Å². The van der Waals surface area contributed by atoms with Gasteiger partial charge < -0.3 is 11.1 Å². The van der Waals surface area contributed by atoms with Crippen molar-refractivity contribution in [1.29, 1.82) is 0 Å². The van der Waals surface area contributed by atoms with Gasteiger partial charge in [0.15, 0.2) is 0 Å². The van der Waals surface area contributed by atoms with Gasteiger partial charge in [0.05, 0.1) is 5.56 Å². The van der Waals surface area contributed by atoms with Gasteiger partial charge in [-0.15, -0.1) is 0 Å². The third-order valence-corrected chi connectivity index (χ3v) is 2.75. The number of nitrogen functional groups attached to an aromatic ring is 1. The molecule has 0 heterocycles. The second-order valence-electron chi connectivity index (χ2n) is 3.31. The quantitative estimate of drug-likeness (QED) is 0.653. The molecule has 1 amide bonds. The zero-order chi connectivity index (χ0) is 11.3. The molecule has 3 N–H and O–H groups in total. The summed E-state index contributed by atoms with van der Waals surface area (Å²) in [7, 11) is 0. The van der Waals surface area contributed by atoms with Crippen LogP contribution in [0.2, 0.25) is 0 Å². The molecule has 4 heteroatoms. The fraction of sp³-hybridized carbons (Fsp3) is 0.364. The maximum absolute atomic E-state index is 11.7. The van der Waals surface area contributed by atoms with E-state index in [1.807, 2.05) is 12.1 Å². The van der Waals surface area contributed by atoms with Crippen LogP contribution in [0.3, 0.4) is 0 Å². The van der Waals surface area contributed by atoms with E-state index in [-0.39, 0.29) is 5.91 Å². The van der Waals surface area contributed by atoms with Crippen LogP contribution in [0.25, 0.3) is 0 Å². The van der Waals surface area contributed by atoms with E-state index in [1.165, 1.54) is 0 Å². The number of benzene rings is 1. The number of nitrogens with two attached hydrogens (primary N) is 1. The molecule has 15 heavy (non-hydrogen) atoms. The lowest BCUT2D eigenvalue weighted by atomic mass is 10.1. The zero-order valence-corrected chi connectivity index (χ0v) is 10.3. The summed E-state index contributed by atoms with van der Waals surface area (Å²) in [5, 5.41) is 2.83. The number of hydrogen-bond donors (Lipinski definition) is 2. The summed E-state index contributed by atoms with van der Waals surface area (Å²) >= 11 is 3.32. The molecule has 0 radical (unpaired) electrons. The number of hydrogen-bond acceptors (Lipinski definition) is 2. The molecule has 0 fully saturated rings. The monoisotopic (exact) mass is 270 g/mol. The minimum atomic E-state index is -0.117. The third kappa shape index (κ3) is 3.23. The van der Waals surface area contributed by atoms with Crippen molar-refractivity contribution in [3.63, 3.8) is 0 Å². The van der Waals surface area contributed by atoms with Gasteiger partial charge in [0, 0.05) is 16.7 Å². The summed E-state index contributed by atoms with van der Waals surface area (Å²) < 4.78 is 0.733. The topological polar surface area (TPSA) is 55.1 Å². The van der Waals surface area contributed by atoms with Gasteiger partial charge in [0.1, 0.15) is 0 Å². The minimum absolute atomic E-state index is 0.117. The van der Waals surface area contributed by atoms with Crippen molar-refractivity contribution < 1.29 is 4.79 Å². The van der Waals surface area contributed by atoms with Crippen LogP contribution in [0.15, 0.2) is 22.7 Å². The molecule has 0 bridgehead atoms. The van der Waals surface area contributed by atoms with Gasteiger partial charge in [0.25, 0.3) is 5.91 Å². The minimum Gasteiger partial charge on any atom is -0.398 e. The predicted molar refractivity (Wildman–Crippen MR) is 65.8 cm³/mol. The van der Waals surface area contributed by atoms with E-state index >= 15 is 0 Å². The van der Waals surface area contributed by atoms with E-state index < -0.39 is 0 Å². The Labute approximate surface area is 98.2 Å². The maximum Gasteiger partial charge on any atom is 0.254 e. The summed E-state index contributed by atoms with van der Waals surface area (Å²) in [6, 6.07) is 5.34. The largest absolute Gasteiger partial charge is 0.398 e. The van der Waals surface area contributed by atoms with Crippen molar-refractivity contribution >= 4 is 27.5 Å². The number of carbonyl (C=O) groups is 1. The molecule has 0 saturated heterocycles. The van der Waals surface area contributed by atoms with Gasteiger partial charge in [-0.05, 0) is 34.5 Å². The Kier molecular flexibility index (Phi) is 4.62. The number of anilines is 1. The van der Waals surface area contributed by atoms with Crippen molar-refractivity contribution in [3.05, 3.63) is 28.2 Å². The van der Waals surface area contributed by atoms with Crippen LogP contribution >= 0.6 is 15.9 Å². The molecule has 0 aliphatic heterocycles. The third-order valence-electron chi connectivity index (χ3n) is 2.09. The highest BCUT2D eigenvalue weighted by atomic mass is 79.9. The first-order valence-corrected chi connectivity index (χ1v) is 5.78. The average molecular weight is 271 g/mol. The molecule has 0 aliphatic carbocycles. The Morgan fingerprint density at radius 3 is 2.87 bits per heavy atom. The smallest absolute Gasteiger partial charge is 0.254 e. The van der Waals surface area contributed by atoms with Gasteiger partial charge >= 0.3 is 0 Å². The van der Waals surface area contributed by atoms with Gasteiger partial charge in [-0.1, -0.05) is 19.4 Å². The Hall–Kier alpha value is -1.03. The van der Waals surface area contributed by atoms with E-state index in [0.717, 1.165) is 17.3 Å². The van der Waals surface area contributed by atoms with Crippen LogP contribution < -0.4 is 11.1 Å². The molecule has 0 unspecified atom stereocenters. The van der Waals surface area contributed by atoms with Crippen molar-refractivity contribution in [2.75, 3.05) is 12.3 Å². The number of carbonyl (C=O) groups excluding carboxylic acids is 1. The summed E-state index contributed by atoms with van der Waals surface area (Å²) in [6.45, 7) is 2.77. The summed E-state index contributed by atoms with van der Waals surface area (Å²) in [6.07, 6.45) is 2.04. The Morgan fingerprint density at radius 1 is 1.53 bits per heavy atom. The first kappa shape index (κ1) is 12.0. The van der Waals surface area contributed by atoms with Crippen LogP contribution in [0, 0.1) is 0 Å². The Bertz CT molecular complexity index is 332. The lowest BCUT2D eigenvalue weighted by Gasteiger charge is -2.08. The molecule has 82 valence electrons. The van der Waals surface area contributed by atoms with Crippen LogP contribution in [0.5, 0.6) is 0 Å². The summed E-state index contributed by atoms with van der Waals surface area (Å²) in [4.78, 5) is 11.7. The van der Waals surface area contributed by atoms with E-state index in [1.54, 1.807) is 6.07 Å². The molecule has 3 nitrogen and oxygen atoms in total. The van der Waals surface area contributed by atoms with Gasteiger partial charge in [-0.2, -0.15) is 0 Å². The lowest BCUT2D eigenvalue weighted by molar-refractivity contribution is 0.0953. The molecule has 0 atom stereocenters. The predicted octanol–water partition coefficient (Wildman–Crippen LogP) is 2.56. The summed E-state index contributed by atoms with van der Waals surface area (Å²) in [5.41, 5.74) is 6.76. The van der Waals surface area contributed by atoms with E-state index in [2.05, 4.69) is 28.2 Å². The SMILES string of the molecule is CCCCNC(=O)c1c(N)cccc1Br. The Balaban J connectivity index is 2.73. The van der Waals surface area contributed by atoms with Crippen molar-refractivity contribution in [1.82, 2.24) is 5.32 Å². The Morgan fingerprint density at radius 2 is 2.27 bits per heavy atom. The molecule has 1 aromatic carbocycles. The summed E-state index contributed by atoms with van der Waals surface area (Å²) in [5.74, 6) is -0.117. The standard InChI is InChI=1S/C11H15BrN2O/c1-2-3-7-14-11(15)10-8(12)5-4-6-9(10)13/h4-6H,2-3,7,13H2,1H3,(H,14,15). The van der Waals surface area contributed by atoms with Crippen LogP contribution in [-0.2, 0) is 0 Å². The maximum atomic E-state index is 11.7. The molecule has 0 aromatic heterocycles. The second-order valence-corrected chi connectivity index (χ2v) is 4.17. The van der Waals surface area contributed by atoms with E-state index in [0.29, 0.717) is 17.8 Å². The highest BCUT2D eigenvalue weighted by Crippen LogP contribution is 2.22. The van der Waals surface area contributed by atoms with Crippen LogP contribution in [0.4, 0.5) is 5.69 Å². The highest BCUT2D eigenvalue weighted by molar-refractivity contribution is 9.10. The number of amides is 1. The number of nitrogens with one attached hydrogen (secondary N) is 1. The first-order chi connectivity index (χ1) is 7.16. The molecule has 0 aliphatic rings.